The Kier molecular flexibility index (Phi) is 3.61. The van der Waals surface area contributed by atoms with Gasteiger partial charge < -0.3 is 0 Å². The summed E-state index contributed by atoms with van der Waals surface area (Å²) in [5, 5.41) is 0. The van der Waals surface area contributed by atoms with E-state index in [1.54, 1.807) is 0 Å². The van der Waals surface area contributed by atoms with Crippen LogP contribution in [0.25, 0.3) is 0 Å². The Balaban J connectivity index is 2.62. The van der Waals surface area contributed by atoms with Crippen molar-refractivity contribution in [2.24, 2.45) is 0 Å². The zero-order chi connectivity index (χ0) is 11.1. The van der Waals surface area contributed by atoms with Crippen molar-refractivity contribution in [3.05, 3.63) is 10.8 Å². The van der Waals surface area contributed by atoms with E-state index in [0.29, 0.717) is 12.1 Å². The first-order chi connectivity index (χ1) is 6.25. The van der Waals surface area contributed by atoms with Gasteiger partial charge in [0, 0.05) is 20.2 Å². The number of hydrogen-bond acceptors (Lipinski definition) is 1. The van der Waals surface area contributed by atoms with Gasteiger partial charge in [-0.25, -0.2) is 0 Å². The van der Waals surface area contributed by atoms with Gasteiger partial charge in [0.25, 0.3) is 0 Å². The summed E-state index contributed by atoms with van der Waals surface area (Å²) in [6, 6.07) is 1.37. The SMILES string of the molecule is CC(C)N(C(C)C)[P@]1C=C1[Si](C)(C)C. The van der Waals surface area contributed by atoms with Crippen LogP contribution in [0.2, 0.25) is 19.6 Å². The van der Waals surface area contributed by atoms with Crippen LogP contribution in [-0.4, -0.2) is 24.8 Å². The van der Waals surface area contributed by atoms with Crippen LogP contribution in [0.5, 0.6) is 0 Å². The van der Waals surface area contributed by atoms with Crippen molar-refractivity contribution >= 4 is 16.1 Å². The van der Waals surface area contributed by atoms with Crippen molar-refractivity contribution in [2.45, 2.75) is 59.4 Å². The topological polar surface area (TPSA) is 3.24 Å². The number of hydrogen-bond donors (Lipinski definition) is 0. The maximum absolute atomic E-state index is 2.68. The summed E-state index contributed by atoms with van der Waals surface area (Å²) in [6.07, 6.45) is 0. The highest BCUT2D eigenvalue weighted by Gasteiger charge is 2.40. The van der Waals surface area contributed by atoms with Crippen molar-refractivity contribution in [3.8, 4) is 0 Å². The van der Waals surface area contributed by atoms with Crippen LogP contribution in [-0.2, 0) is 0 Å². The Morgan fingerprint density at radius 3 is 1.71 bits per heavy atom. The third kappa shape index (κ3) is 2.68. The second kappa shape index (κ2) is 4.07. The molecule has 0 saturated heterocycles. The summed E-state index contributed by atoms with van der Waals surface area (Å²) < 4.78 is 2.68. The van der Waals surface area contributed by atoms with Crippen molar-refractivity contribution in [1.82, 2.24) is 4.67 Å². The van der Waals surface area contributed by atoms with Crippen molar-refractivity contribution < 1.29 is 0 Å². The molecule has 1 aliphatic rings. The van der Waals surface area contributed by atoms with E-state index in [4.69, 9.17) is 0 Å². The van der Waals surface area contributed by atoms with Crippen molar-refractivity contribution in [2.75, 3.05) is 0 Å². The fraction of sp³-hybridized carbons (Fsp3) is 0.818. The molecule has 82 valence electrons. The van der Waals surface area contributed by atoms with E-state index in [9.17, 15) is 0 Å². The van der Waals surface area contributed by atoms with Gasteiger partial charge >= 0.3 is 0 Å². The van der Waals surface area contributed by atoms with E-state index in [0.717, 1.165) is 0 Å². The smallest absolute Gasteiger partial charge is 0.0803 e. The van der Waals surface area contributed by atoms with Gasteiger partial charge in [0.2, 0.25) is 0 Å². The number of rotatable bonds is 4. The molecule has 14 heavy (non-hydrogen) atoms. The third-order valence-corrected chi connectivity index (χ3v) is 9.39. The molecule has 1 atom stereocenters. The van der Waals surface area contributed by atoms with Crippen LogP contribution >= 0.6 is 8.07 Å². The lowest BCUT2D eigenvalue weighted by Gasteiger charge is -2.32. The lowest BCUT2D eigenvalue weighted by molar-refractivity contribution is 0.328. The second-order valence-electron chi connectivity index (χ2n) is 5.68. The van der Waals surface area contributed by atoms with E-state index >= 15 is 0 Å². The highest BCUT2D eigenvalue weighted by Crippen LogP contribution is 2.68. The summed E-state index contributed by atoms with van der Waals surface area (Å²) in [7, 11) is -0.950. The fourth-order valence-electron chi connectivity index (χ4n) is 1.91. The molecule has 0 amide bonds. The first kappa shape index (κ1) is 12.4. The van der Waals surface area contributed by atoms with E-state index in [2.05, 4.69) is 57.8 Å². The van der Waals surface area contributed by atoms with Crippen LogP contribution in [0.1, 0.15) is 27.7 Å². The lowest BCUT2D eigenvalue weighted by Crippen LogP contribution is -2.31. The molecule has 0 aromatic carbocycles. The van der Waals surface area contributed by atoms with E-state index in [1.807, 2.05) is 4.94 Å². The maximum atomic E-state index is 2.68. The van der Waals surface area contributed by atoms with Gasteiger partial charge in [-0.15, -0.1) is 0 Å². The molecular formula is C11H24NPSi. The third-order valence-electron chi connectivity index (χ3n) is 2.50. The Hall–Kier alpha value is 0.347. The quantitative estimate of drug-likeness (QED) is 0.515. The monoisotopic (exact) mass is 229 g/mol. The summed E-state index contributed by atoms with van der Waals surface area (Å²) in [5.41, 5.74) is 0. The molecule has 0 aromatic rings. The largest absolute Gasteiger partial charge is 0.271 e. The van der Waals surface area contributed by atoms with E-state index in [1.165, 1.54) is 0 Å². The van der Waals surface area contributed by atoms with E-state index in [-0.39, 0.29) is 8.07 Å². The first-order valence-corrected chi connectivity index (χ1v) is 10.4. The minimum Gasteiger partial charge on any atom is -0.271 e. The molecule has 1 heterocycles. The standard InChI is InChI=1S/C11H24NPSi/c1-9(2)12(10(3)4)13-8-11(13)14(5,6)7/h8-10H,1-7H3/t13-/m1/s1. The molecule has 3 heteroatoms. The predicted molar refractivity (Wildman–Crippen MR) is 70.5 cm³/mol. The Labute approximate surface area is 91.4 Å². The molecule has 0 radical (unpaired) electrons. The van der Waals surface area contributed by atoms with Crippen LogP contribution < -0.4 is 0 Å². The normalized spacial score (nSPS) is 22.1. The van der Waals surface area contributed by atoms with Crippen molar-refractivity contribution in [3.63, 3.8) is 0 Å². The summed E-state index contributed by atoms with van der Waals surface area (Å²) in [5.74, 6) is 2.54. The molecule has 0 unspecified atom stereocenters. The molecule has 0 saturated carbocycles. The second-order valence-corrected chi connectivity index (χ2v) is 13.0. The molecule has 1 nitrogen and oxygen atoms in total. The van der Waals surface area contributed by atoms with Gasteiger partial charge in [0.15, 0.2) is 0 Å². The molecule has 0 N–H and O–H groups in total. The Morgan fingerprint density at radius 1 is 1.07 bits per heavy atom. The van der Waals surface area contributed by atoms with Crippen LogP contribution in [0.4, 0.5) is 0 Å². The Bertz CT molecular complexity index is 232. The molecule has 1 aliphatic heterocycles. The van der Waals surface area contributed by atoms with Gasteiger partial charge in [-0.1, -0.05) is 19.6 Å². The van der Waals surface area contributed by atoms with Crippen LogP contribution in [0.3, 0.4) is 0 Å². The summed E-state index contributed by atoms with van der Waals surface area (Å²) in [6.45, 7) is 16.6. The van der Waals surface area contributed by atoms with Gasteiger partial charge in [-0.3, -0.25) is 4.67 Å². The lowest BCUT2D eigenvalue weighted by atomic mass is 10.3. The molecule has 0 bridgehead atoms. The highest BCUT2D eigenvalue weighted by atomic mass is 31.1. The molecule has 0 fully saturated rings. The summed E-state index contributed by atoms with van der Waals surface area (Å²) in [4.78, 5) is 1.81. The van der Waals surface area contributed by atoms with Gasteiger partial charge in [-0.05, 0) is 38.4 Å². The minimum absolute atomic E-state index is 0.0424. The molecular weight excluding hydrogens is 205 g/mol. The van der Waals surface area contributed by atoms with Crippen molar-refractivity contribution in [1.29, 1.82) is 0 Å². The molecule has 1 rings (SSSR count). The molecule has 0 aromatic heterocycles. The molecule has 0 aliphatic carbocycles. The molecule has 0 spiro atoms. The predicted octanol–water partition coefficient (Wildman–Crippen LogP) is 4.23. The first-order valence-electron chi connectivity index (χ1n) is 5.55. The van der Waals surface area contributed by atoms with E-state index < -0.39 is 8.07 Å². The highest BCUT2D eigenvalue weighted by molar-refractivity contribution is 7.74. The van der Waals surface area contributed by atoms with Gasteiger partial charge in [0.1, 0.15) is 0 Å². The van der Waals surface area contributed by atoms with Gasteiger partial charge in [0.05, 0.1) is 8.07 Å². The van der Waals surface area contributed by atoms with Gasteiger partial charge in [-0.2, -0.15) is 0 Å². The average molecular weight is 229 g/mol. The van der Waals surface area contributed by atoms with Crippen LogP contribution in [0, 0.1) is 0 Å². The fourth-order valence-corrected chi connectivity index (χ4v) is 8.63. The zero-order valence-electron chi connectivity index (χ0n) is 10.6. The summed E-state index contributed by atoms with van der Waals surface area (Å²) >= 11 is 0. The zero-order valence-corrected chi connectivity index (χ0v) is 12.5. The maximum Gasteiger partial charge on any atom is 0.0803 e. The number of nitrogens with zero attached hydrogens (tertiary/aromatic N) is 1. The Morgan fingerprint density at radius 2 is 1.50 bits per heavy atom. The van der Waals surface area contributed by atoms with Crippen LogP contribution in [0.15, 0.2) is 10.8 Å². The minimum atomic E-state index is -0.993. The average Bonchev–Trinajstić information content (AvgIpc) is 2.63.